The van der Waals surface area contributed by atoms with Gasteiger partial charge < -0.3 is 9.84 Å². The number of alkyl halides is 3. The quantitative estimate of drug-likeness (QED) is 0.638. The Bertz CT molecular complexity index is 409. The van der Waals surface area contributed by atoms with Crippen LogP contribution in [0.25, 0.3) is 0 Å². The minimum atomic E-state index is -4.34. The van der Waals surface area contributed by atoms with E-state index in [9.17, 15) is 22.7 Å². The Morgan fingerprint density at radius 2 is 2.00 bits per heavy atom. The second-order valence-corrected chi connectivity index (χ2v) is 4.41. The molecule has 2 nitrogen and oxygen atoms in total. The molecule has 0 spiro atoms. The van der Waals surface area contributed by atoms with E-state index in [4.69, 9.17) is 11.6 Å². The first-order chi connectivity index (χ1) is 8.79. The van der Waals surface area contributed by atoms with E-state index in [1.165, 1.54) is 12.1 Å². The summed E-state index contributed by atoms with van der Waals surface area (Å²) in [5, 5.41) is 9.63. The standard InChI is InChI=1S/C12H13ClF4O2/c13-9-6-8(3-4-10(9)14)11(18)2-1-5-19-7-12(15,16)17/h3-4,6,11,18H,1-2,5,7H2. The van der Waals surface area contributed by atoms with E-state index in [-0.39, 0.29) is 24.5 Å². The zero-order valence-corrected chi connectivity index (χ0v) is 10.6. The number of aliphatic hydroxyl groups is 1. The molecule has 1 aromatic rings. The zero-order chi connectivity index (χ0) is 14.5. The predicted octanol–water partition coefficient (Wildman–Crippen LogP) is 3.87. The van der Waals surface area contributed by atoms with Crippen molar-refractivity contribution in [2.45, 2.75) is 25.1 Å². The van der Waals surface area contributed by atoms with Crippen LogP contribution in [0.3, 0.4) is 0 Å². The molecule has 0 fully saturated rings. The van der Waals surface area contributed by atoms with Gasteiger partial charge in [0.15, 0.2) is 0 Å². The summed E-state index contributed by atoms with van der Waals surface area (Å²) in [4.78, 5) is 0. The number of hydrogen-bond acceptors (Lipinski definition) is 2. The van der Waals surface area contributed by atoms with Crippen molar-refractivity contribution in [1.82, 2.24) is 0 Å². The SMILES string of the molecule is OC(CCCOCC(F)(F)F)c1ccc(F)c(Cl)c1. The third-order valence-corrected chi connectivity index (χ3v) is 2.65. The largest absolute Gasteiger partial charge is 0.411 e. The molecular weight excluding hydrogens is 288 g/mol. The average Bonchev–Trinajstić information content (AvgIpc) is 2.30. The van der Waals surface area contributed by atoms with Crippen molar-refractivity contribution in [3.63, 3.8) is 0 Å². The fourth-order valence-corrected chi connectivity index (χ4v) is 1.64. The van der Waals surface area contributed by atoms with Crippen molar-refractivity contribution in [2.75, 3.05) is 13.2 Å². The summed E-state index contributed by atoms with van der Waals surface area (Å²) in [6.45, 7) is -1.41. The molecule has 0 heterocycles. The van der Waals surface area contributed by atoms with E-state index < -0.39 is 24.7 Å². The highest BCUT2D eigenvalue weighted by atomic mass is 35.5. The van der Waals surface area contributed by atoms with Crippen LogP contribution in [0.4, 0.5) is 17.6 Å². The highest BCUT2D eigenvalue weighted by molar-refractivity contribution is 6.30. The predicted molar refractivity (Wildman–Crippen MR) is 62.5 cm³/mol. The Balaban J connectivity index is 2.31. The lowest BCUT2D eigenvalue weighted by molar-refractivity contribution is -0.174. The van der Waals surface area contributed by atoms with Gasteiger partial charge in [0.05, 0.1) is 11.1 Å². The minimum Gasteiger partial charge on any atom is -0.388 e. The number of hydrogen-bond donors (Lipinski definition) is 1. The smallest absolute Gasteiger partial charge is 0.388 e. The molecule has 1 unspecified atom stereocenters. The summed E-state index contributed by atoms with van der Waals surface area (Å²) in [7, 11) is 0. The second-order valence-electron chi connectivity index (χ2n) is 4.00. The number of ether oxygens (including phenoxy) is 1. The van der Waals surface area contributed by atoms with E-state index in [0.29, 0.717) is 5.56 Å². The molecule has 0 amide bonds. The molecule has 0 aliphatic heterocycles. The van der Waals surface area contributed by atoms with Gasteiger partial charge in [-0.25, -0.2) is 4.39 Å². The van der Waals surface area contributed by atoms with E-state index >= 15 is 0 Å². The average molecular weight is 301 g/mol. The number of aliphatic hydroxyl groups excluding tert-OH is 1. The van der Waals surface area contributed by atoms with Gasteiger partial charge in [0, 0.05) is 6.61 Å². The van der Waals surface area contributed by atoms with Crippen LogP contribution in [0.15, 0.2) is 18.2 Å². The molecule has 7 heteroatoms. The lowest BCUT2D eigenvalue weighted by Crippen LogP contribution is -2.17. The van der Waals surface area contributed by atoms with E-state index in [1.54, 1.807) is 0 Å². The third kappa shape index (κ3) is 6.22. The molecule has 1 N–H and O–H groups in total. The molecule has 0 radical (unpaired) electrons. The van der Waals surface area contributed by atoms with Crippen molar-refractivity contribution in [3.8, 4) is 0 Å². The summed E-state index contributed by atoms with van der Waals surface area (Å²) in [5.41, 5.74) is 0.419. The maximum absolute atomic E-state index is 12.9. The first-order valence-electron chi connectivity index (χ1n) is 5.57. The third-order valence-electron chi connectivity index (χ3n) is 2.36. The van der Waals surface area contributed by atoms with Gasteiger partial charge in [-0.2, -0.15) is 13.2 Å². The molecule has 108 valence electrons. The van der Waals surface area contributed by atoms with Crippen LogP contribution in [-0.2, 0) is 4.74 Å². The Morgan fingerprint density at radius 1 is 1.32 bits per heavy atom. The summed E-state index contributed by atoms with van der Waals surface area (Å²) < 4.78 is 52.6. The van der Waals surface area contributed by atoms with Gasteiger partial charge in [-0.3, -0.25) is 0 Å². The molecule has 0 saturated carbocycles. The van der Waals surface area contributed by atoms with Crippen LogP contribution in [0.2, 0.25) is 5.02 Å². The Hall–Kier alpha value is -0.850. The molecule has 1 aromatic carbocycles. The van der Waals surface area contributed by atoms with Gasteiger partial charge in [0.25, 0.3) is 0 Å². The Labute approximate surface area is 112 Å². The normalized spacial score (nSPS) is 13.6. The maximum atomic E-state index is 12.9. The summed E-state index contributed by atoms with van der Waals surface area (Å²) in [6.07, 6.45) is -4.79. The molecule has 1 rings (SSSR count). The van der Waals surface area contributed by atoms with Crippen molar-refractivity contribution in [1.29, 1.82) is 0 Å². The van der Waals surface area contributed by atoms with E-state index in [2.05, 4.69) is 4.74 Å². The first kappa shape index (κ1) is 16.2. The molecule has 1 atom stereocenters. The van der Waals surface area contributed by atoms with Gasteiger partial charge in [-0.1, -0.05) is 17.7 Å². The van der Waals surface area contributed by atoms with Crippen molar-refractivity contribution in [2.24, 2.45) is 0 Å². The molecule has 19 heavy (non-hydrogen) atoms. The molecule has 0 bridgehead atoms. The van der Waals surface area contributed by atoms with Crippen LogP contribution in [0, 0.1) is 5.82 Å². The van der Waals surface area contributed by atoms with E-state index in [1.807, 2.05) is 0 Å². The van der Waals surface area contributed by atoms with Crippen molar-refractivity contribution in [3.05, 3.63) is 34.6 Å². The first-order valence-corrected chi connectivity index (χ1v) is 5.95. The highest BCUT2D eigenvalue weighted by Crippen LogP contribution is 2.23. The fraction of sp³-hybridized carbons (Fsp3) is 0.500. The lowest BCUT2D eigenvalue weighted by atomic mass is 10.1. The lowest BCUT2D eigenvalue weighted by Gasteiger charge is -2.12. The van der Waals surface area contributed by atoms with Gasteiger partial charge in [-0.15, -0.1) is 0 Å². The minimum absolute atomic E-state index is 0.106. The Morgan fingerprint density at radius 3 is 2.58 bits per heavy atom. The molecule has 0 aromatic heterocycles. The van der Waals surface area contributed by atoms with Gasteiger partial charge in [-0.05, 0) is 30.5 Å². The van der Waals surface area contributed by atoms with Gasteiger partial charge in [0.1, 0.15) is 12.4 Å². The van der Waals surface area contributed by atoms with Crippen LogP contribution >= 0.6 is 11.6 Å². The zero-order valence-electron chi connectivity index (χ0n) is 9.88. The second kappa shape index (κ2) is 7.07. The monoisotopic (exact) mass is 300 g/mol. The van der Waals surface area contributed by atoms with Crippen molar-refractivity contribution >= 4 is 11.6 Å². The maximum Gasteiger partial charge on any atom is 0.411 e. The van der Waals surface area contributed by atoms with E-state index in [0.717, 1.165) is 6.07 Å². The fourth-order valence-electron chi connectivity index (χ4n) is 1.45. The highest BCUT2D eigenvalue weighted by Gasteiger charge is 2.27. The topological polar surface area (TPSA) is 29.5 Å². The number of benzene rings is 1. The van der Waals surface area contributed by atoms with Crippen LogP contribution in [0.5, 0.6) is 0 Å². The van der Waals surface area contributed by atoms with Crippen LogP contribution < -0.4 is 0 Å². The molecular formula is C12H13ClF4O2. The molecule has 0 saturated heterocycles. The van der Waals surface area contributed by atoms with Crippen molar-refractivity contribution < 1.29 is 27.4 Å². The summed E-state index contributed by atoms with van der Waals surface area (Å²) >= 11 is 5.56. The number of rotatable bonds is 6. The molecule has 0 aliphatic rings. The van der Waals surface area contributed by atoms with Gasteiger partial charge >= 0.3 is 6.18 Å². The molecule has 0 aliphatic carbocycles. The van der Waals surface area contributed by atoms with Crippen LogP contribution in [0.1, 0.15) is 24.5 Å². The Kier molecular flexibility index (Phi) is 6.03. The van der Waals surface area contributed by atoms with Gasteiger partial charge in [0.2, 0.25) is 0 Å². The summed E-state index contributed by atoms with van der Waals surface area (Å²) in [5.74, 6) is -0.592. The van der Waals surface area contributed by atoms with Crippen LogP contribution in [-0.4, -0.2) is 24.5 Å². The summed E-state index contributed by atoms with van der Waals surface area (Å²) in [6, 6.07) is 3.79. The number of halogens is 5.